The highest BCUT2D eigenvalue weighted by atomic mass is 16.5. The van der Waals surface area contributed by atoms with Gasteiger partial charge in [-0.2, -0.15) is 0 Å². The highest BCUT2D eigenvalue weighted by molar-refractivity contribution is 5.92. The van der Waals surface area contributed by atoms with Crippen molar-refractivity contribution < 1.29 is 14.3 Å². The third-order valence-electron chi connectivity index (χ3n) is 4.44. The van der Waals surface area contributed by atoms with Gasteiger partial charge in [0.15, 0.2) is 0 Å². The van der Waals surface area contributed by atoms with E-state index in [2.05, 4.69) is 19.2 Å². The number of carbonyl (C=O) groups excluding carboxylic acids is 1. The van der Waals surface area contributed by atoms with Gasteiger partial charge in [0.2, 0.25) is 0 Å². The van der Waals surface area contributed by atoms with E-state index in [4.69, 9.17) is 9.47 Å². The molecule has 1 fully saturated rings. The molecule has 0 bridgehead atoms. The zero-order valence-corrected chi connectivity index (χ0v) is 13.4. The zero-order valence-electron chi connectivity index (χ0n) is 13.4. The summed E-state index contributed by atoms with van der Waals surface area (Å²) >= 11 is 0. The van der Waals surface area contributed by atoms with Gasteiger partial charge in [-0.1, -0.05) is 13.0 Å². The smallest absolute Gasteiger partial charge is 0.338 e. The first kappa shape index (κ1) is 15.8. The molecule has 2 unspecified atom stereocenters. The number of anilines is 1. The van der Waals surface area contributed by atoms with E-state index in [1.165, 1.54) is 7.11 Å². The maximum absolute atomic E-state index is 11.8. The SMILES string of the molecule is CCC1(C)CC(Nc2cccc(C(=O)OC)c2C)CCO1. The van der Waals surface area contributed by atoms with Crippen LogP contribution in [0.4, 0.5) is 5.69 Å². The standard InChI is InChI=1S/C17H25NO3/c1-5-17(3)11-13(9-10-21-17)18-15-8-6-7-14(12(15)2)16(19)20-4/h6-8,13,18H,5,9-11H2,1-4H3. The van der Waals surface area contributed by atoms with Gasteiger partial charge < -0.3 is 14.8 Å². The number of carbonyl (C=O) groups is 1. The molecule has 0 saturated carbocycles. The summed E-state index contributed by atoms with van der Waals surface area (Å²) in [7, 11) is 1.41. The van der Waals surface area contributed by atoms with Crippen LogP contribution in [0.1, 0.15) is 49.0 Å². The molecule has 4 heteroatoms. The molecule has 0 spiro atoms. The van der Waals surface area contributed by atoms with Gasteiger partial charge >= 0.3 is 5.97 Å². The van der Waals surface area contributed by atoms with Crippen LogP contribution in [-0.2, 0) is 9.47 Å². The summed E-state index contributed by atoms with van der Waals surface area (Å²) in [5.41, 5.74) is 2.51. The number of ether oxygens (including phenoxy) is 2. The van der Waals surface area contributed by atoms with Crippen molar-refractivity contribution in [2.75, 3.05) is 19.0 Å². The molecule has 1 aliphatic heterocycles. The number of methoxy groups -OCH3 is 1. The molecular formula is C17H25NO3. The molecule has 0 aliphatic carbocycles. The molecule has 0 aromatic heterocycles. The molecular weight excluding hydrogens is 266 g/mol. The van der Waals surface area contributed by atoms with E-state index < -0.39 is 0 Å². The molecule has 21 heavy (non-hydrogen) atoms. The normalized spacial score (nSPS) is 25.4. The summed E-state index contributed by atoms with van der Waals surface area (Å²) in [5, 5.41) is 3.57. The van der Waals surface area contributed by atoms with Crippen molar-refractivity contribution in [3.8, 4) is 0 Å². The molecule has 1 aromatic rings. The van der Waals surface area contributed by atoms with Crippen molar-refractivity contribution in [2.24, 2.45) is 0 Å². The largest absolute Gasteiger partial charge is 0.465 e. The minimum Gasteiger partial charge on any atom is -0.465 e. The second kappa shape index (κ2) is 6.48. The number of hydrogen-bond acceptors (Lipinski definition) is 4. The fraction of sp³-hybridized carbons (Fsp3) is 0.588. The van der Waals surface area contributed by atoms with Crippen molar-refractivity contribution in [1.29, 1.82) is 0 Å². The van der Waals surface area contributed by atoms with E-state index in [9.17, 15) is 4.79 Å². The maximum Gasteiger partial charge on any atom is 0.338 e. The minimum absolute atomic E-state index is 0.0518. The zero-order chi connectivity index (χ0) is 15.5. The van der Waals surface area contributed by atoms with Crippen LogP contribution in [0.3, 0.4) is 0 Å². The Morgan fingerprint density at radius 3 is 2.95 bits per heavy atom. The first-order chi connectivity index (χ1) is 9.99. The maximum atomic E-state index is 11.8. The molecule has 0 amide bonds. The monoisotopic (exact) mass is 291 g/mol. The molecule has 2 atom stereocenters. The average Bonchev–Trinajstić information content (AvgIpc) is 2.49. The van der Waals surface area contributed by atoms with Crippen LogP contribution in [0, 0.1) is 6.92 Å². The molecule has 0 radical (unpaired) electrons. The van der Waals surface area contributed by atoms with Crippen molar-refractivity contribution >= 4 is 11.7 Å². The van der Waals surface area contributed by atoms with E-state index >= 15 is 0 Å². The fourth-order valence-electron chi connectivity index (χ4n) is 2.84. The fourth-order valence-corrected chi connectivity index (χ4v) is 2.84. The Morgan fingerprint density at radius 1 is 1.52 bits per heavy atom. The molecule has 1 aromatic carbocycles. The van der Waals surface area contributed by atoms with Crippen LogP contribution in [0.2, 0.25) is 0 Å². The molecule has 1 saturated heterocycles. The quantitative estimate of drug-likeness (QED) is 0.862. The predicted octanol–water partition coefficient (Wildman–Crippen LogP) is 3.54. The Kier molecular flexibility index (Phi) is 4.88. The summed E-state index contributed by atoms with van der Waals surface area (Å²) in [6.45, 7) is 7.05. The van der Waals surface area contributed by atoms with Gasteiger partial charge in [0.1, 0.15) is 0 Å². The molecule has 116 valence electrons. The summed E-state index contributed by atoms with van der Waals surface area (Å²) in [5.74, 6) is -0.290. The molecule has 2 rings (SSSR count). The summed E-state index contributed by atoms with van der Waals surface area (Å²) in [6.07, 6.45) is 2.97. The number of benzene rings is 1. The van der Waals surface area contributed by atoms with Gasteiger partial charge in [-0.15, -0.1) is 0 Å². The number of rotatable bonds is 4. The third kappa shape index (κ3) is 3.56. The van der Waals surface area contributed by atoms with Crippen LogP contribution >= 0.6 is 0 Å². The van der Waals surface area contributed by atoms with Crippen LogP contribution in [-0.4, -0.2) is 31.3 Å². The van der Waals surface area contributed by atoms with Gasteiger partial charge in [-0.25, -0.2) is 4.79 Å². The highest BCUT2D eigenvalue weighted by Gasteiger charge is 2.31. The van der Waals surface area contributed by atoms with Gasteiger partial charge in [-0.3, -0.25) is 0 Å². The number of esters is 1. The average molecular weight is 291 g/mol. The van der Waals surface area contributed by atoms with Crippen molar-refractivity contribution in [2.45, 2.75) is 51.7 Å². The Balaban J connectivity index is 2.15. The molecule has 1 N–H and O–H groups in total. The first-order valence-electron chi connectivity index (χ1n) is 7.57. The molecule has 4 nitrogen and oxygen atoms in total. The number of hydrogen-bond donors (Lipinski definition) is 1. The Morgan fingerprint density at radius 2 is 2.29 bits per heavy atom. The second-order valence-corrected chi connectivity index (χ2v) is 5.96. The molecule has 1 heterocycles. The van der Waals surface area contributed by atoms with Crippen LogP contribution in [0.15, 0.2) is 18.2 Å². The number of nitrogens with one attached hydrogen (secondary N) is 1. The minimum atomic E-state index is -0.290. The Bertz CT molecular complexity index is 515. The first-order valence-corrected chi connectivity index (χ1v) is 7.57. The van der Waals surface area contributed by atoms with Crippen LogP contribution < -0.4 is 5.32 Å². The lowest BCUT2D eigenvalue weighted by molar-refractivity contribution is -0.0708. The molecule has 1 aliphatic rings. The van der Waals surface area contributed by atoms with Crippen molar-refractivity contribution in [3.05, 3.63) is 29.3 Å². The van der Waals surface area contributed by atoms with Crippen LogP contribution in [0.5, 0.6) is 0 Å². The Labute approximate surface area is 126 Å². The lowest BCUT2D eigenvalue weighted by Crippen LogP contribution is -2.42. The third-order valence-corrected chi connectivity index (χ3v) is 4.44. The van der Waals surface area contributed by atoms with E-state index in [-0.39, 0.29) is 11.6 Å². The predicted molar refractivity (Wildman–Crippen MR) is 83.8 cm³/mol. The Hall–Kier alpha value is -1.55. The van der Waals surface area contributed by atoms with Gasteiger partial charge in [-0.05, 0) is 50.8 Å². The highest BCUT2D eigenvalue weighted by Crippen LogP contribution is 2.30. The van der Waals surface area contributed by atoms with Crippen molar-refractivity contribution in [3.63, 3.8) is 0 Å². The topological polar surface area (TPSA) is 47.6 Å². The summed E-state index contributed by atoms with van der Waals surface area (Å²) in [4.78, 5) is 11.8. The lowest BCUT2D eigenvalue weighted by Gasteiger charge is -2.38. The van der Waals surface area contributed by atoms with E-state index in [1.807, 2.05) is 19.1 Å². The second-order valence-electron chi connectivity index (χ2n) is 5.96. The summed E-state index contributed by atoms with van der Waals surface area (Å²) in [6, 6.07) is 6.07. The van der Waals surface area contributed by atoms with Gasteiger partial charge in [0.05, 0.1) is 18.3 Å². The summed E-state index contributed by atoms with van der Waals surface area (Å²) < 4.78 is 10.7. The van der Waals surface area contributed by atoms with Crippen molar-refractivity contribution in [1.82, 2.24) is 0 Å². The van der Waals surface area contributed by atoms with Gasteiger partial charge in [0, 0.05) is 18.3 Å². The lowest BCUT2D eigenvalue weighted by atomic mass is 9.89. The van der Waals surface area contributed by atoms with E-state index in [0.29, 0.717) is 11.6 Å². The van der Waals surface area contributed by atoms with E-state index in [0.717, 1.165) is 37.1 Å². The van der Waals surface area contributed by atoms with Gasteiger partial charge in [0.25, 0.3) is 0 Å². The van der Waals surface area contributed by atoms with Crippen LogP contribution in [0.25, 0.3) is 0 Å². The van der Waals surface area contributed by atoms with E-state index in [1.54, 1.807) is 6.07 Å².